The fraction of sp³-hybridized carbons (Fsp3) is 0.154. The highest BCUT2D eigenvalue weighted by molar-refractivity contribution is 5.60. The zero-order valence-corrected chi connectivity index (χ0v) is 9.82. The van der Waals surface area contributed by atoms with Crippen molar-refractivity contribution in [3.8, 4) is 11.3 Å². The zero-order valence-electron chi connectivity index (χ0n) is 9.82. The Morgan fingerprint density at radius 1 is 1.17 bits per heavy atom. The van der Waals surface area contributed by atoms with Gasteiger partial charge in [-0.1, -0.05) is 0 Å². The number of nitrogens with two attached hydrogens (primary N) is 1. The summed E-state index contributed by atoms with van der Waals surface area (Å²) in [5, 5.41) is 4.40. The van der Waals surface area contributed by atoms with Crippen LogP contribution in [0.3, 0.4) is 0 Å². The Balaban J connectivity index is 2.05. The molecule has 0 fully saturated rings. The van der Waals surface area contributed by atoms with Gasteiger partial charge >= 0.3 is 0 Å². The minimum absolute atomic E-state index is 0.598. The molecule has 0 unspecified atom stereocenters. The van der Waals surface area contributed by atoms with Gasteiger partial charge in [-0.15, -0.1) is 0 Å². The maximum Gasteiger partial charge on any atom is 0.155 e. The molecule has 0 aromatic carbocycles. The summed E-state index contributed by atoms with van der Waals surface area (Å²) in [6, 6.07) is 7.80. The van der Waals surface area contributed by atoms with Crippen LogP contribution in [0, 0.1) is 0 Å². The molecular weight excluding hydrogens is 226 g/mol. The van der Waals surface area contributed by atoms with E-state index in [1.165, 1.54) is 0 Å². The molecule has 0 radical (unpaired) electrons. The predicted octanol–water partition coefficient (Wildman–Crippen LogP) is 1.29. The second-order valence-electron chi connectivity index (χ2n) is 4.03. The maximum atomic E-state index is 5.53. The topological polar surface area (TPSA) is 69.1 Å². The highest BCUT2D eigenvalue weighted by Gasteiger charge is 2.04. The lowest BCUT2D eigenvalue weighted by Crippen LogP contribution is -2.03. The molecule has 3 heterocycles. The van der Waals surface area contributed by atoms with E-state index in [9.17, 15) is 0 Å². The summed E-state index contributed by atoms with van der Waals surface area (Å²) in [5.74, 6) is 0. The molecule has 2 N–H and O–H groups in total. The van der Waals surface area contributed by atoms with Gasteiger partial charge in [0.2, 0.25) is 0 Å². The molecule has 0 aliphatic carbocycles. The summed E-state index contributed by atoms with van der Waals surface area (Å²) < 4.78 is 1.77. The molecule has 0 bridgehead atoms. The lowest BCUT2D eigenvalue weighted by molar-refractivity contribution is 0.855. The van der Waals surface area contributed by atoms with Crippen LogP contribution < -0.4 is 5.73 Å². The van der Waals surface area contributed by atoms with Gasteiger partial charge in [0.1, 0.15) is 0 Å². The summed E-state index contributed by atoms with van der Waals surface area (Å²) in [7, 11) is 0. The van der Waals surface area contributed by atoms with Crippen molar-refractivity contribution < 1.29 is 0 Å². The predicted molar refractivity (Wildman–Crippen MR) is 69.0 cm³/mol. The monoisotopic (exact) mass is 239 g/mol. The highest BCUT2D eigenvalue weighted by atomic mass is 15.2. The van der Waals surface area contributed by atoms with E-state index in [4.69, 9.17) is 5.73 Å². The molecule has 0 saturated heterocycles. The van der Waals surface area contributed by atoms with Crippen molar-refractivity contribution in [2.75, 3.05) is 6.54 Å². The van der Waals surface area contributed by atoms with Gasteiger partial charge in [-0.2, -0.15) is 5.10 Å². The van der Waals surface area contributed by atoms with Crippen molar-refractivity contribution in [2.24, 2.45) is 5.73 Å². The van der Waals surface area contributed by atoms with Crippen molar-refractivity contribution in [1.82, 2.24) is 19.6 Å². The molecule has 3 aromatic heterocycles. The van der Waals surface area contributed by atoms with E-state index in [1.807, 2.05) is 30.5 Å². The molecular formula is C13H13N5. The van der Waals surface area contributed by atoms with Crippen molar-refractivity contribution in [1.29, 1.82) is 0 Å². The number of rotatable bonds is 3. The fourth-order valence-electron chi connectivity index (χ4n) is 1.88. The van der Waals surface area contributed by atoms with E-state index in [-0.39, 0.29) is 0 Å². The van der Waals surface area contributed by atoms with Crippen LogP contribution in [-0.4, -0.2) is 26.1 Å². The average Bonchev–Trinajstić information content (AvgIpc) is 2.81. The van der Waals surface area contributed by atoms with Gasteiger partial charge < -0.3 is 5.73 Å². The maximum absolute atomic E-state index is 5.53. The van der Waals surface area contributed by atoms with Crippen molar-refractivity contribution in [2.45, 2.75) is 6.42 Å². The number of hydrogen-bond donors (Lipinski definition) is 1. The Bertz CT molecular complexity index is 659. The molecule has 3 aromatic rings. The highest BCUT2D eigenvalue weighted by Crippen LogP contribution is 2.16. The standard InChI is InChI=1S/C13H13N5/c14-5-1-11-9-13-16-12(4-8-18(13)17-11)10-2-6-15-7-3-10/h2-4,6-9H,1,5,14H2. The van der Waals surface area contributed by atoms with Crippen LogP contribution in [0.1, 0.15) is 5.69 Å². The van der Waals surface area contributed by atoms with E-state index in [0.29, 0.717) is 6.54 Å². The Kier molecular flexibility index (Phi) is 2.74. The molecule has 18 heavy (non-hydrogen) atoms. The van der Waals surface area contributed by atoms with Gasteiger partial charge in [0.25, 0.3) is 0 Å². The largest absolute Gasteiger partial charge is 0.330 e. The Morgan fingerprint density at radius 2 is 2.00 bits per heavy atom. The number of hydrogen-bond acceptors (Lipinski definition) is 4. The minimum atomic E-state index is 0.598. The summed E-state index contributed by atoms with van der Waals surface area (Å²) >= 11 is 0. The molecule has 0 aliphatic rings. The first-order valence-corrected chi connectivity index (χ1v) is 5.82. The smallest absolute Gasteiger partial charge is 0.155 e. The van der Waals surface area contributed by atoms with Crippen LogP contribution >= 0.6 is 0 Å². The first-order chi connectivity index (χ1) is 8.86. The normalized spacial score (nSPS) is 10.9. The van der Waals surface area contributed by atoms with Crippen molar-refractivity contribution in [3.63, 3.8) is 0 Å². The lowest BCUT2D eigenvalue weighted by atomic mass is 10.2. The van der Waals surface area contributed by atoms with Crippen LogP contribution in [0.2, 0.25) is 0 Å². The number of aromatic nitrogens is 4. The Morgan fingerprint density at radius 3 is 2.78 bits per heavy atom. The molecule has 0 spiro atoms. The third-order valence-corrected chi connectivity index (χ3v) is 2.75. The molecule has 0 saturated carbocycles. The van der Waals surface area contributed by atoms with E-state index in [1.54, 1.807) is 16.9 Å². The molecule has 0 amide bonds. The molecule has 5 heteroatoms. The van der Waals surface area contributed by atoms with Gasteiger partial charge in [-0.25, -0.2) is 9.50 Å². The zero-order chi connectivity index (χ0) is 12.4. The van der Waals surface area contributed by atoms with Crippen LogP contribution in [0.5, 0.6) is 0 Å². The molecule has 90 valence electrons. The van der Waals surface area contributed by atoms with Crippen LogP contribution in [0.25, 0.3) is 16.9 Å². The Labute approximate surface area is 104 Å². The van der Waals surface area contributed by atoms with Gasteiger partial charge in [0.05, 0.1) is 11.4 Å². The van der Waals surface area contributed by atoms with Gasteiger partial charge in [0.15, 0.2) is 5.65 Å². The second kappa shape index (κ2) is 4.54. The third kappa shape index (κ3) is 1.96. The van der Waals surface area contributed by atoms with Gasteiger partial charge in [-0.3, -0.25) is 4.98 Å². The summed E-state index contributed by atoms with van der Waals surface area (Å²) in [4.78, 5) is 8.58. The molecule has 3 rings (SSSR count). The summed E-state index contributed by atoms with van der Waals surface area (Å²) in [6.45, 7) is 0.598. The average molecular weight is 239 g/mol. The van der Waals surface area contributed by atoms with Crippen LogP contribution in [0.4, 0.5) is 0 Å². The first kappa shape index (κ1) is 10.9. The van der Waals surface area contributed by atoms with E-state index >= 15 is 0 Å². The lowest BCUT2D eigenvalue weighted by Gasteiger charge is -2.00. The van der Waals surface area contributed by atoms with Gasteiger partial charge in [0, 0.05) is 36.6 Å². The van der Waals surface area contributed by atoms with Gasteiger partial charge in [-0.05, 0) is 24.7 Å². The minimum Gasteiger partial charge on any atom is -0.330 e. The first-order valence-electron chi connectivity index (χ1n) is 5.82. The van der Waals surface area contributed by atoms with Crippen molar-refractivity contribution >= 4 is 5.65 Å². The molecule has 5 nitrogen and oxygen atoms in total. The summed E-state index contributed by atoms with van der Waals surface area (Å²) in [6.07, 6.45) is 6.21. The summed E-state index contributed by atoms with van der Waals surface area (Å²) in [5.41, 5.74) is 9.31. The van der Waals surface area contributed by atoms with E-state index < -0.39 is 0 Å². The van der Waals surface area contributed by atoms with Crippen LogP contribution in [-0.2, 0) is 6.42 Å². The molecule has 0 atom stereocenters. The Hall–Kier alpha value is -2.27. The third-order valence-electron chi connectivity index (χ3n) is 2.75. The SMILES string of the molecule is NCCc1cc2nc(-c3ccncc3)ccn2n1. The van der Waals surface area contributed by atoms with Crippen LogP contribution in [0.15, 0.2) is 42.9 Å². The number of pyridine rings is 1. The second-order valence-corrected chi connectivity index (χ2v) is 4.03. The fourth-order valence-corrected chi connectivity index (χ4v) is 1.88. The van der Waals surface area contributed by atoms with Crippen molar-refractivity contribution in [3.05, 3.63) is 48.5 Å². The number of nitrogens with zero attached hydrogens (tertiary/aromatic N) is 4. The number of fused-ring (bicyclic) bond motifs is 1. The quantitative estimate of drug-likeness (QED) is 0.747. The van der Waals surface area contributed by atoms with E-state index in [2.05, 4.69) is 15.1 Å². The molecule has 0 aliphatic heterocycles. The van der Waals surface area contributed by atoms with E-state index in [0.717, 1.165) is 29.0 Å².